The molecule has 0 spiro atoms. The Kier molecular flexibility index (Phi) is 4.39. The molecule has 1 amide bonds. The van der Waals surface area contributed by atoms with E-state index in [0.29, 0.717) is 20.9 Å². The number of hydrogen-bond donors (Lipinski definition) is 1. The van der Waals surface area contributed by atoms with Crippen LogP contribution < -0.4 is 5.32 Å². The highest BCUT2D eigenvalue weighted by atomic mass is 127. The summed E-state index contributed by atoms with van der Waals surface area (Å²) in [4.78, 5) is 16.9. The fraction of sp³-hybridized carbons (Fsp3) is 0.0667. The predicted octanol–water partition coefficient (Wildman–Crippen LogP) is 3.56. The Bertz CT molecular complexity index is 1010. The summed E-state index contributed by atoms with van der Waals surface area (Å²) in [5.74, 6) is -0.239. The van der Waals surface area contributed by atoms with Crippen LogP contribution in [-0.4, -0.2) is 25.6 Å². The summed E-state index contributed by atoms with van der Waals surface area (Å²) in [6.45, 7) is 0. The van der Waals surface area contributed by atoms with E-state index in [4.69, 9.17) is 0 Å². The molecule has 23 heavy (non-hydrogen) atoms. The number of hydrogen-bond acceptors (Lipinski definition) is 5. The number of sulfone groups is 1. The Morgan fingerprint density at radius 3 is 2.65 bits per heavy atom. The van der Waals surface area contributed by atoms with Crippen LogP contribution in [0.15, 0.2) is 47.4 Å². The number of benzene rings is 2. The molecule has 0 radical (unpaired) electrons. The highest BCUT2D eigenvalue weighted by Gasteiger charge is 2.14. The van der Waals surface area contributed by atoms with Gasteiger partial charge >= 0.3 is 0 Å². The summed E-state index contributed by atoms with van der Waals surface area (Å²) in [5, 5.41) is 3.20. The van der Waals surface area contributed by atoms with Gasteiger partial charge in [-0.25, -0.2) is 13.4 Å². The van der Waals surface area contributed by atoms with Crippen LogP contribution >= 0.6 is 33.9 Å². The van der Waals surface area contributed by atoms with Crippen molar-refractivity contribution in [1.82, 2.24) is 4.98 Å². The average Bonchev–Trinajstić information content (AvgIpc) is 2.87. The largest absolute Gasteiger partial charge is 0.298 e. The van der Waals surface area contributed by atoms with Crippen molar-refractivity contribution in [2.24, 2.45) is 0 Å². The first-order valence-corrected chi connectivity index (χ1v) is 10.3. The number of halogens is 1. The Labute approximate surface area is 150 Å². The lowest BCUT2D eigenvalue weighted by atomic mass is 10.2. The lowest BCUT2D eigenvalue weighted by molar-refractivity contribution is 0.102. The van der Waals surface area contributed by atoms with Crippen molar-refractivity contribution in [2.45, 2.75) is 4.90 Å². The quantitative estimate of drug-likeness (QED) is 0.610. The maximum absolute atomic E-state index is 12.3. The van der Waals surface area contributed by atoms with Crippen molar-refractivity contribution in [3.63, 3.8) is 0 Å². The molecule has 1 heterocycles. The zero-order chi connectivity index (χ0) is 16.6. The topological polar surface area (TPSA) is 76.1 Å². The van der Waals surface area contributed by atoms with Crippen LogP contribution in [0.25, 0.3) is 10.2 Å². The number of nitrogens with zero attached hydrogens (tertiary/aromatic N) is 1. The van der Waals surface area contributed by atoms with Crippen molar-refractivity contribution >= 4 is 65.0 Å². The number of rotatable bonds is 3. The lowest BCUT2D eigenvalue weighted by Crippen LogP contribution is -2.12. The third-order valence-corrected chi connectivity index (χ3v) is 6.11. The van der Waals surface area contributed by atoms with Gasteiger partial charge in [0, 0.05) is 9.83 Å². The first-order valence-electron chi connectivity index (χ1n) is 6.51. The fourth-order valence-electron chi connectivity index (χ4n) is 2.00. The van der Waals surface area contributed by atoms with E-state index in [2.05, 4.69) is 32.9 Å². The molecule has 0 unspecified atom stereocenters. The second kappa shape index (κ2) is 6.17. The highest BCUT2D eigenvalue weighted by molar-refractivity contribution is 14.1. The molecule has 0 saturated heterocycles. The number of carbonyl (C=O) groups is 1. The Morgan fingerprint density at radius 1 is 1.22 bits per heavy atom. The van der Waals surface area contributed by atoms with Gasteiger partial charge in [0.1, 0.15) is 0 Å². The van der Waals surface area contributed by atoms with E-state index >= 15 is 0 Å². The van der Waals surface area contributed by atoms with Gasteiger partial charge in [-0.15, -0.1) is 0 Å². The van der Waals surface area contributed by atoms with Gasteiger partial charge in [-0.3, -0.25) is 10.1 Å². The molecule has 3 rings (SSSR count). The zero-order valence-electron chi connectivity index (χ0n) is 11.9. The second-order valence-corrected chi connectivity index (χ2v) is 9.06. The summed E-state index contributed by atoms with van der Waals surface area (Å²) < 4.78 is 24.8. The number of aromatic nitrogens is 1. The number of fused-ring (bicyclic) bond motifs is 1. The lowest BCUT2D eigenvalue weighted by Gasteiger charge is -2.03. The standard InChI is InChI=1S/C15H11IN2O3S2/c1-23(20,21)9-6-7-12-13(8-9)22-15(17-12)18-14(19)10-4-2-3-5-11(10)16/h2-8H,1H3,(H,17,18,19). The van der Waals surface area contributed by atoms with Crippen molar-refractivity contribution < 1.29 is 13.2 Å². The van der Waals surface area contributed by atoms with Crippen molar-refractivity contribution in [3.8, 4) is 0 Å². The van der Waals surface area contributed by atoms with E-state index in [9.17, 15) is 13.2 Å². The molecule has 2 aromatic carbocycles. The SMILES string of the molecule is CS(=O)(=O)c1ccc2nc(NC(=O)c3ccccc3I)sc2c1. The van der Waals surface area contributed by atoms with Gasteiger partial charge in [0.25, 0.3) is 5.91 Å². The number of thiazole rings is 1. The molecule has 1 aromatic heterocycles. The van der Waals surface area contributed by atoms with E-state index in [1.54, 1.807) is 24.3 Å². The molecule has 118 valence electrons. The van der Waals surface area contributed by atoms with Gasteiger partial charge in [0.15, 0.2) is 15.0 Å². The van der Waals surface area contributed by atoms with E-state index < -0.39 is 9.84 Å². The molecule has 0 bridgehead atoms. The molecule has 0 saturated carbocycles. The van der Waals surface area contributed by atoms with Crippen molar-refractivity contribution in [2.75, 3.05) is 11.6 Å². The van der Waals surface area contributed by atoms with Crippen LogP contribution in [-0.2, 0) is 9.84 Å². The van der Waals surface area contributed by atoms with E-state index in [1.165, 1.54) is 17.4 Å². The summed E-state index contributed by atoms with van der Waals surface area (Å²) in [7, 11) is -3.27. The van der Waals surface area contributed by atoms with Crippen molar-refractivity contribution in [3.05, 3.63) is 51.6 Å². The average molecular weight is 458 g/mol. The van der Waals surface area contributed by atoms with E-state index in [0.717, 1.165) is 9.83 Å². The van der Waals surface area contributed by atoms with Crippen LogP contribution in [0, 0.1) is 3.57 Å². The summed E-state index contributed by atoms with van der Waals surface area (Å²) in [5.41, 5.74) is 1.23. The maximum atomic E-state index is 12.3. The Balaban J connectivity index is 1.92. The van der Waals surface area contributed by atoms with Gasteiger partial charge in [0.05, 0.1) is 20.7 Å². The van der Waals surface area contributed by atoms with Gasteiger partial charge < -0.3 is 0 Å². The van der Waals surface area contributed by atoms with Crippen molar-refractivity contribution in [1.29, 1.82) is 0 Å². The molecule has 8 heteroatoms. The third-order valence-electron chi connectivity index (χ3n) is 3.13. The number of carbonyl (C=O) groups excluding carboxylic acids is 1. The summed E-state index contributed by atoms with van der Waals surface area (Å²) in [6, 6.07) is 12.0. The third kappa shape index (κ3) is 3.54. The summed E-state index contributed by atoms with van der Waals surface area (Å²) >= 11 is 3.35. The van der Waals surface area contributed by atoms with E-state index in [-0.39, 0.29) is 10.8 Å². The van der Waals surface area contributed by atoms with Gasteiger partial charge in [-0.2, -0.15) is 0 Å². The molecule has 0 aliphatic heterocycles. The van der Waals surface area contributed by atoms with Gasteiger partial charge in [-0.1, -0.05) is 23.5 Å². The minimum Gasteiger partial charge on any atom is -0.298 e. The minimum atomic E-state index is -3.27. The molecule has 1 N–H and O–H groups in total. The molecule has 0 aliphatic carbocycles. The van der Waals surface area contributed by atoms with Gasteiger partial charge in [0.2, 0.25) is 0 Å². The number of amides is 1. The molecular weight excluding hydrogens is 447 g/mol. The smallest absolute Gasteiger partial charge is 0.258 e. The number of anilines is 1. The maximum Gasteiger partial charge on any atom is 0.258 e. The highest BCUT2D eigenvalue weighted by Crippen LogP contribution is 2.28. The molecule has 0 fully saturated rings. The Hall–Kier alpha value is -1.52. The number of nitrogens with one attached hydrogen (secondary N) is 1. The molecule has 3 aromatic rings. The summed E-state index contributed by atoms with van der Waals surface area (Å²) in [6.07, 6.45) is 1.16. The van der Waals surface area contributed by atoms with Crippen LogP contribution in [0.3, 0.4) is 0 Å². The van der Waals surface area contributed by atoms with Crippen LogP contribution in [0.2, 0.25) is 0 Å². The van der Waals surface area contributed by atoms with Gasteiger partial charge in [-0.05, 0) is 52.9 Å². The Morgan fingerprint density at radius 2 is 1.96 bits per heavy atom. The zero-order valence-corrected chi connectivity index (χ0v) is 15.7. The molecule has 5 nitrogen and oxygen atoms in total. The first-order chi connectivity index (χ1) is 10.8. The minimum absolute atomic E-state index is 0.239. The molecule has 0 aliphatic rings. The first kappa shape index (κ1) is 16.3. The van der Waals surface area contributed by atoms with Crippen LogP contribution in [0.5, 0.6) is 0 Å². The van der Waals surface area contributed by atoms with Crippen LogP contribution in [0.1, 0.15) is 10.4 Å². The molecule has 0 atom stereocenters. The van der Waals surface area contributed by atoms with E-state index in [1.807, 2.05) is 12.1 Å². The second-order valence-electron chi connectivity index (χ2n) is 4.85. The van der Waals surface area contributed by atoms with Crippen LogP contribution in [0.4, 0.5) is 5.13 Å². The molecular formula is C15H11IN2O3S2. The fourth-order valence-corrected chi connectivity index (χ4v) is 4.25. The predicted molar refractivity (Wildman–Crippen MR) is 99.8 cm³/mol. The normalized spacial score (nSPS) is 11.6. The monoisotopic (exact) mass is 458 g/mol.